The van der Waals surface area contributed by atoms with Crippen LogP contribution in [0.25, 0.3) is 11.0 Å². The van der Waals surface area contributed by atoms with Crippen molar-refractivity contribution in [3.63, 3.8) is 0 Å². The van der Waals surface area contributed by atoms with Crippen LogP contribution in [-0.4, -0.2) is 107 Å². The number of carbonyl (C=O) groups is 3. The second kappa shape index (κ2) is 13.4. The van der Waals surface area contributed by atoms with Gasteiger partial charge in [-0.3, -0.25) is 14.5 Å². The molecule has 3 amide bonds. The van der Waals surface area contributed by atoms with Gasteiger partial charge in [0.05, 0.1) is 18.2 Å². The molecular formula is C29H38BN5O7. The van der Waals surface area contributed by atoms with Crippen LogP contribution < -0.4 is 5.32 Å². The monoisotopic (exact) mass is 579 g/mol. The number of amides is 3. The average molecular weight is 579 g/mol. The number of likely N-dealkylation sites (tertiary alicyclic amines) is 1. The van der Waals surface area contributed by atoms with E-state index in [1.165, 1.54) is 6.26 Å². The minimum absolute atomic E-state index is 0.0150. The smallest absolute Gasteiger partial charge is 0.464 e. The van der Waals surface area contributed by atoms with Gasteiger partial charge in [-0.05, 0) is 50.8 Å². The third-order valence-corrected chi connectivity index (χ3v) is 8.10. The van der Waals surface area contributed by atoms with E-state index in [1.807, 2.05) is 32.0 Å². The molecule has 0 spiro atoms. The minimum Gasteiger partial charge on any atom is -0.464 e. The highest BCUT2D eigenvalue weighted by Gasteiger charge is 2.35. The molecule has 2 aromatic rings. The van der Waals surface area contributed by atoms with Crippen LogP contribution >= 0.6 is 0 Å². The number of nitrogens with one attached hydrogen (secondary N) is 1. The zero-order valence-electron chi connectivity index (χ0n) is 24.3. The van der Waals surface area contributed by atoms with Crippen molar-refractivity contribution in [1.29, 1.82) is 5.26 Å². The van der Waals surface area contributed by atoms with Crippen molar-refractivity contribution in [3.8, 4) is 6.07 Å². The number of ether oxygens (including phenoxy) is 1. The van der Waals surface area contributed by atoms with Crippen molar-refractivity contribution >= 4 is 36.0 Å². The van der Waals surface area contributed by atoms with Crippen LogP contribution in [-0.2, 0) is 20.7 Å². The summed E-state index contributed by atoms with van der Waals surface area (Å²) in [7, 11) is -1.84. The van der Waals surface area contributed by atoms with Crippen LogP contribution in [0.5, 0.6) is 0 Å². The maximum atomic E-state index is 13.4. The van der Waals surface area contributed by atoms with Gasteiger partial charge in [0.1, 0.15) is 23.8 Å². The molecule has 2 aliphatic rings. The van der Waals surface area contributed by atoms with Crippen molar-refractivity contribution in [2.45, 2.75) is 57.6 Å². The van der Waals surface area contributed by atoms with Gasteiger partial charge in [-0.15, -0.1) is 0 Å². The van der Waals surface area contributed by atoms with Crippen molar-refractivity contribution in [1.82, 2.24) is 20.0 Å². The minimum atomic E-state index is -1.84. The van der Waals surface area contributed by atoms with E-state index in [4.69, 9.17) is 9.15 Å². The largest absolute Gasteiger partial charge is 0.475 e. The van der Waals surface area contributed by atoms with E-state index in [9.17, 15) is 29.7 Å². The van der Waals surface area contributed by atoms with E-state index >= 15 is 0 Å². The summed E-state index contributed by atoms with van der Waals surface area (Å²) in [6.07, 6.45) is 3.75. The predicted octanol–water partition coefficient (Wildman–Crippen LogP) is 1.47. The Kier molecular flexibility index (Phi) is 9.93. The number of carbonyl (C=O) groups excluding carboxylic acids is 3. The molecule has 2 fully saturated rings. The summed E-state index contributed by atoms with van der Waals surface area (Å²) in [4.78, 5) is 43.2. The van der Waals surface area contributed by atoms with Gasteiger partial charge < -0.3 is 34.3 Å². The molecule has 1 aromatic carbocycles. The third-order valence-electron chi connectivity index (χ3n) is 8.10. The first-order chi connectivity index (χ1) is 20.0. The number of hydrogen-bond acceptors (Lipinski definition) is 9. The summed E-state index contributed by atoms with van der Waals surface area (Å²) >= 11 is 0. The third kappa shape index (κ3) is 7.31. The van der Waals surface area contributed by atoms with Crippen LogP contribution in [0.3, 0.4) is 0 Å². The van der Waals surface area contributed by atoms with Crippen LogP contribution in [0.15, 0.2) is 46.6 Å². The highest BCUT2D eigenvalue weighted by molar-refractivity contribution is 6.43. The average Bonchev–Trinajstić information content (AvgIpc) is 3.61. The predicted molar refractivity (Wildman–Crippen MR) is 155 cm³/mol. The number of para-hydroxylation sites is 1. The molecule has 12 nitrogen and oxygen atoms in total. The zero-order valence-corrected chi connectivity index (χ0v) is 24.3. The second-order valence-corrected chi connectivity index (χ2v) is 11.3. The fourth-order valence-electron chi connectivity index (χ4n) is 5.64. The number of nitrogens with zero attached hydrogens (tertiary/aromatic N) is 4. The lowest BCUT2D eigenvalue weighted by atomic mass is 9.76. The molecule has 224 valence electrons. The zero-order chi connectivity index (χ0) is 30.4. The molecular weight excluding hydrogens is 541 g/mol. The Morgan fingerprint density at radius 2 is 1.93 bits per heavy atom. The van der Waals surface area contributed by atoms with E-state index in [0.717, 1.165) is 5.39 Å². The number of fused-ring (bicyclic) bond motifs is 1. The quantitative estimate of drug-likeness (QED) is 0.227. The number of benzene rings is 1. The Morgan fingerprint density at radius 1 is 1.21 bits per heavy atom. The van der Waals surface area contributed by atoms with E-state index < -0.39 is 36.6 Å². The number of nitriles is 1. The van der Waals surface area contributed by atoms with Crippen molar-refractivity contribution < 1.29 is 33.6 Å². The summed E-state index contributed by atoms with van der Waals surface area (Å²) in [6.45, 7) is 8.18. The SMILES string of the molecule is CC(=O)N1CCN(C(C)(C)C=C(C#N)C(=O)N2CCC[C@@H]2COC(=O)N[C@@H](Cc2coc3ccccc23)B(O)O)CC1. The molecule has 2 aliphatic heterocycles. The first kappa shape index (κ1) is 31.1. The van der Waals surface area contributed by atoms with Gasteiger partial charge in [0.15, 0.2) is 0 Å². The highest BCUT2D eigenvalue weighted by atomic mass is 16.5. The van der Waals surface area contributed by atoms with Crippen LogP contribution in [0.1, 0.15) is 39.2 Å². The number of alkyl carbamates (subject to hydrolysis) is 1. The molecule has 3 heterocycles. The molecule has 0 radical (unpaired) electrons. The van der Waals surface area contributed by atoms with Gasteiger partial charge in [0.25, 0.3) is 5.91 Å². The van der Waals surface area contributed by atoms with E-state index in [-0.39, 0.29) is 24.5 Å². The fraction of sp³-hybridized carbons (Fsp3) is 0.517. The molecule has 13 heteroatoms. The van der Waals surface area contributed by atoms with Crippen LogP contribution in [0.2, 0.25) is 0 Å². The summed E-state index contributed by atoms with van der Waals surface area (Å²) in [5, 5.41) is 32.9. The normalized spacial score (nSPS) is 19.0. The van der Waals surface area contributed by atoms with Gasteiger partial charge in [-0.1, -0.05) is 18.2 Å². The van der Waals surface area contributed by atoms with E-state index in [2.05, 4.69) is 16.3 Å². The number of furan rings is 1. The van der Waals surface area contributed by atoms with Gasteiger partial charge in [0, 0.05) is 50.6 Å². The Hall–Kier alpha value is -3.86. The highest BCUT2D eigenvalue weighted by Crippen LogP contribution is 2.25. The number of rotatable bonds is 9. The molecule has 4 rings (SSSR count). The maximum Gasteiger partial charge on any atom is 0.475 e. The van der Waals surface area contributed by atoms with E-state index in [1.54, 1.807) is 28.9 Å². The summed E-state index contributed by atoms with van der Waals surface area (Å²) in [5.74, 6) is -1.44. The fourth-order valence-corrected chi connectivity index (χ4v) is 5.64. The summed E-state index contributed by atoms with van der Waals surface area (Å²) < 4.78 is 10.9. The molecule has 3 N–H and O–H groups in total. The molecule has 0 bridgehead atoms. The molecule has 0 unspecified atom stereocenters. The lowest BCUT2D eigenvalue weighted by Crippen LogP contribution is -2.55. The molecule has 0 aliphatic carbocycles. The second-order valence-electron chi connectivity index (χ2n) is 11.3. The Balaban J connectivity index is 1.34. The molecule has 42 heavy (non-hydrogen) atoms. The molecule has 2 saturated heterocycles. The summed E-state index contributed by atoms with van der Waals surface area (Å²) in [6, 6.07) is 8.95. The van der Waals surface area contributed by atoms with Crippen molar-refractivity contribution in [2.75, 3.05) is 39.3 Å². The maximum absolute atomic E-state index is 13.4. The summed E-state index contributed by atoms with van der Waals surface area (Å²) in [5.41, 5.74) is 0.782. The van der Waals surface area contributed by atoms with Gasteiger partial charge in [0.2, 0.25) is 5.91 Å². The van der Waals surface area contributed by atoms with Gasteiger partial charge in [-0.25, -0.2) is 4.79 Å². The Bertz CT molecular complexity index is 1360. The Labute approximate surface area is 245 Å². The van der Waals surface area contributed by atoms with Crippen LogP contribution in [0, 0.1) is 11.3 Å². The molecule has 1 aromatic heterocycles. The first-order valence-electron chi connectivity index (χ1n) is 14.2. The molecule has 2 atom stereocenters. The lowest BCUT2D eigenvalue weighted by Gasteiger charge is -2.42. The number of piperazine rings is 1. The van der Waals surface area contributed by atoms with Gasteiger partial charge in [-0.2, -0.15) is 5.26 Å². The standard InChI is InChI=1S/C29H38BN5O7/c1-20(36)33-11-13-34(14-12-33)29(2,3)16-22(17-31)27(37)35-10-6-7-23(35)19-42-28(38)32-26(30(39)40)15-21-18-41-25-9-5-4-8-24(21)25/h4-5,8-9,16,18,23,26,39-40H,6-7,10-15,19H2,1-3H3,(H,32,38)/t23-,26+/m1/s1. The van der Waals surface area contributed by atoms with Crippen molar-refractivity contribution in [2.24, 2.45) is 0 Å². The van der Waals surface area contributed by atoms with Crippen LogP contribution in [0.4, 0.5) is 4.79 Å². The first-order valence-corrected chi connectivity index (χ1v) is 14.2. The van der Waals surface area contributed by atoms with Crippen molar-refractivity contribution in [3.05, 3.63) is 47.7 Å². The molecule has 0 saturated carbocycles. The number of hydrogen-bond donors (Lipinski definition) is 3. The Morgan fingerprint density at radius 3 is 2.60 bits per heavy atom. The lowest BCUT2D eigenvalue weighted by molar-refractivity contribution is -0.131. The van der Waals surface area contributed by atoms with E-state index in [0.29, 0.717) is 56.7 Å². The van der Waals surface area contributed by atoms with Gasteiger partial charge >= 0.3 is 13.2 Å². The topological polar surface area (TPSA) is 160 Å².